The number of carbonyl (C=O) groups excluding carboxylic acids is 5. The van der Waals surface area contributed by atoms with Crippen molar-refractivity contribution in [2.24, 2.45) is 5.92 Å². The molecule has 13 nitrogen and oxygen atoms in total. The third-order valence-corrected chi connectivity index (χ3v) is 7.47. The number of aliphatic hydroxyl groups is 1. The van der Waals surface area contributed by atoms with Crippen LogP contribution in [-0.4, -0.2) is 73.0 Å². The van der Waals surface area contributed by atoms with Crippen LogP contribution < -0.4 is 21.3 Å². The van der Waals surface area contributed by atoms with E-state index in [9.17, 15) is 29.1 Å². The predicted octanol–water partition coefficient (Wildman–Crippen LogP) is 3.26. The first-order valence-electron chi connectivity index (χ1n) is 16.2. The number of hydrogen-bond donors (Lipinski definition) is 5. The number of alkyl carbamates (subject to hydrolysis) is 2. The number of cyclic esters (lactones) is 1. The first kappa shape index (κ1) is 37.5. The second-order valence-corrected chi connectivity index (χ2v) is 11.6. The number of carbonyl (C=O) groups is 5. The zero-order valence-corrected chi connectivity index (χ0v) is 27.2. The van der Waals surface area contributed by atoms with Crippen LogP contribution in [0.15, 0.2) is 72.8 Å². The number of ether oxygens (including phenoxy) is 3. The summed E-state index contributed by atoms with van der Waals surface area (Å²) in [5.74, 6) is -2.18. The van der Waals surface area contributed by atoms with Gasteiger partial charge in [0.05, 0.1) is 18.6 Å². The number of rotatable bonds is 14. The van der Waals surface area contributed by atoms with E-state index in [1.807, 2.05) is 60.7 Å². The van der Waals surface area contributed by atoms with E-state index in [1.165, 1.54) is 0 Å². The number of amides is 4. The molecular weight excluding hydrogens is 620 g/mol. The molecule has 2 aromatic carbocycles. The molecule has 4 amide bonds. The van der Waals surface area contributed by atoms with Crippen LogP contribution in [0.3, 0.4) is 0 Å². The van der Waals surface area contributed by atoms with Gasteiger partial charge in [-0.15, -0.1) is 0 Å². The summed E-state index contributed by atoms with van der Waals surface area (Å²) in [6.07, 6.45) is 3.71. The van der Waals surface area contributed by atoms with Gasteiger partial charge in [0, 0.05) is 19.0 Å². The average molecular weight is 667 g/mol. The Morgan fingerprint density at radius 1 is 0.917 bits per heavy atom. The normalized spacial score (nSPS) is 18.9. The molecule has 1 aliphatic heterocycles. The molecule has 0 saturated carbocycles. The van der Waals surface area contributed by atoms with Gasteiger partial charge in [0.15, 0.2) is 0 Å². The molecule has 0 aliphatic carbocycles. The maximum absolute atomic E-state index is 13.3. The van der Waals surface area contributed by atoms with Crippen molar-refractivity contribution >= 4 is 30.0 Å². The smallest absolute Gasteiger partial charge is 0.408 e. The Labute approximate surface area is 280 Å². The zero-order valence-electron chi connectivity index (χ0n) is 27.2. The van der Waals surface area contributed by atoms with Crippen LogP contribution in [0.4, 0.5) is 9.59 Å². The van der Waals surface area contributed by atoms with Gasteiger partial charge in [0.1, 0.15) is 25.9 Å². The number of allylic oxidation sites excluding steroid dienone is 1. The molecule has 0 bridgehead atoms. The Bertz CT molecular complexity index is 1340. The standard InChI is InChI=1S/C35H46N4O9/c1-25(21-40)37-31(41)20-28-16-8-9-18-30(39-35(45)48-23-27-14-6-3-7-15-27)33(43)46-24-29(38-32(28)42)17-10-11-19-36-34(44)47-22-26-12-4-2-5-13-26/h2-9,12-15,25,28-30,40H,10-11,16-24H2,1H3,(H,36,44)(H,37,41)(H,38,42)(H,39,45)/t25-,28+,29-,30+/m0/s1. The highest BCUT2D eigenvalue weighted by Crippen LogP contribution is 2.15. The monoisotopic (exact) mass is 666 g/mol. The summed E-state index contributed by atoms with van der Waals surface area (Å²) in [6.45, 7) is 1.76. The lowest BCUT2D eigenvalue weighted by molar-refractivity contribution is -0.147. The Morgan fingerprint density at radius 3 is 2.19 bits per heavy atom. The maximum atomic E-state index is 13.3. The van der Waals surface area contributed by atoms with Crippen molar-refractivity contribution in [3.63, 3.8) is 0 Å². The van der Waals surface area contributed by atoms with E-state index in [-0.39, 0.29) is 57.5 Å². The van der Waals surface area contributed by atoms with Crippen LogP contribution in [0.5, 0.6) is 0 Å². The van der Waals surface area contributed by atoms with E-state index >= 15 is 0 Å². The van der Waals surface area contributed by atoms with E-state index in [4.69, 9.17) is 14.2 Å². The van der Waals surface area contributed by atoms with Crippen molar-refractivity contribution in [2.45, 2.75) is 76.8 Å². The molecule has 1 aliphatic rings. The summed E-state index contributed by atoms with van der Waals surface area (Å²) in [4.78, 5) is 63.6. The highest BCUT2D eigenvalue weighted by Gasteiger charge is 2.28. The average Bonchev–Trinajstić information content (AvgIpc) is 3.09. The summed E-state index contributed by atoms with van der Waals surface area (Å²) in [5.41, 5.74) is 1.66. The summed E-state index contributed by atoms with van der Waals surface area (Å²) < 4.78 is 16.1. The quantitative estimate of drug-likeness (QED) is 0.0875. The summed E-state index contributed by atoms with van der Waals surface area (Å²) in [5, 5.41) is 20.1. The van der Waals surface area contributed by atoms with Crippen molar-refractivity contribution in [3.05, 3.63) is 83.9 Å². The molecule has 1 heterocycles. The summed E-state index contributed by atoms with van der Waals surface area (Å²) >= 11 is 0. The molecule has 0 fully saturated rings. The number of esters is 1. The summed E-state index contributed by atoms with van der Waals surface area (Å²) in [6, 6.07) is 16.3. The van der Waals surface area contributed by atoms with Gasteiger partial charge in [-0.2, -0.15) is 0 Å². The van der Waals surface area contributed by atoms with Crippen molar-refractivity contribution in [1.29, 1.82) is 0 Å². The number of benzene rings is 2. The molecular formula is C35H46N4O9. The second kappa shape index (κ2) is 21.1. The van der Waals surface area contributed by atoms with E-state index in [2.05, 4.69) is 21.3 Å². The Hall–Kier alpha value is -4.91. The lowest BCUT2D eigenvalue weighted by Gasteiger charge is -2.24. The van der Waals surface area contributed by atoms with Crippen molar-refractivity contribution in [1.82, 2.24) is 21.3 Å². The van der Waals surface area contributed by atoms with Gasteiger partial charge < -0.3 is 40.6 Å². The highest BCUT2D eigenvalue weighted by atomic mass is 16.6. The minimum atomic E-state index is -1.04. The SMILES string of the molecule is C[C@@H](CO)NC(=O)C[C@H]1CC=CC[C@@H](NC(=O)OCc2ccccc2)C(=O)OC[C@H](CCCCNC(=O)OCc2ccccc2)NC1=O. The third-order valence-electron chi connectivity index (χ3n) is 7.47. The molecule has 0 radical (unpaired) electrons. The summed E-state index contributed by atoms with van der Waals surface area (Å²) in [7, 11) is 0. The minimum absolute atomic E-state index is 0.0244. The van der Waals surface area contributed by atoms with Gasteiger partial charge in [-0.1, -0.05) is 72.8 Å². The molecule has 5 N–H and O–H groups in total. The van der Waals surface area contributed by atoms with Crippen molar-refractivity contribution < 1.29 is 43.3 Å². The number of nitrogens with one attached hydrogen (secondary N) is 4. The Kier molecular flexibility index (Phi) is 16.5. The first-order chi connectivity index (χ1) is 23.2. The van der Waals surface area contributed by atoms with Crippen LogP contribution in [0.25, 0.3) is 0 Å². The Balaban J connectivity index is 1.58. The van der Waals surface area contributed by atoms with Crippen molar-refractivity contribution in [3.8, 4) is 0 Å². The van der Waals surface area contributed by atoms with Gasteiger partial charge in [0.2, 0.25) is 11.8 Å². The molecule has 4 atom stereocenters. The fraction of sp³-hybridized carbons (Fsp3) is 0.457. The molecule has 0 unspecified atom stereocenters. The topological polar surface area (TPSA) is 181 Å². The largest absolute Gasteiger partial charge is 0.462 e. The van der Waals surface area contributed by atoms with Gasteiger partial charge in [-0.25, -0.2) is 14.4 Å². The molecule has 3 rings (SSSR count). The fourth-order valence-electron chi connectivity index (χ4n) is 4.78. The van der Waals surface area contributed by atoms with Crippen LogP contribution in [-0.2, 0) is 41.8 Å². The molecule has 0 spiro atoms. The van der Waals surface area contributed by atoms with Gasteiger partial charge in [0.25, 0.3) is 0 Å². The van der Waals surface area contributed by atoms with Crippen LogP contribution in [0.1, 0.15) is 56.6 Å². The molecule has 2 aromatic rings. The predicted molar refractivity (Wildman–Crippen MR) is 176 cm³/mol. The lowest BCUT2D eigenvalue weighted by Crippen LogP contribution is -2.46. The van der Waals surface area contributed by atoms with Crippen LogP contribution in [0.2, 0.25) is 0 Å². The molecule has 13 heteroatoms. The Morgan fingerprint density at radius 2 is 1.54 bits per heavy atom. The zero-order chi connectivity index (χ0) is 34.6. The number of hydrogen-bond acceptors (Lipinski definition) is 9. The third kappa shape index (κ3) is 14.7. The van der Waals surface area contributed by atoms with E-state index < -0.39 is 42.2 Å². The van der Waals surface area contributed by atoms with E-state index in [0.717, 1.165) is 11.1 Å². The lowest BCUT2D eigenvalue weighted by atomic mass is 9.97. The molecule has 260 valence electrons. The highest BCUT2D eigenvalue weighted by molar-refractivity contribution is 5.86. The van der Waals surface area contributed by atoms with E-state index in [0.29, 0.717) is 25.8 Å². The number of unbranched alkanes of at least 4 members (excludes halogenated alkanes) is 1. The van der Waals surface area contributed by atoms with Crippen molar-refractivity contribution in [2.75, 3.05) is 19.8 Å². The molecule has 0 aromatic heterocycles. The number of aliphatic hydroxyl groups excluding tert-OH is 1. The van der Waals surface area contributed by atoms with Gasteiger partial charge >= 0.3 is 18.2 Å². The van der Waals surface area contributed by atoms with Gasteiger partial charge in [-0.3, -0.25) is 9.59 Å². The second-order valence-electron chi connectivity index (χ2n) is 11.6. The minimum Gasteiger partial charge on any atom is -0.462 e. The maximum Gasteiger partial charge on any atom is 0.408 e. The molecule has 48 heavy (non-hydrogen) atoms. The molecule has 0 saturated heterocycles. The fourth-order valence-corrected chi connectivity index (χ4v) is 4.78. The van der Waals surface area contributed by atoms with Gasteiger partial charge in [-0.05, 0) is 50.2 Å². The van der Waals surface area contributed by atoms with Crippen LogP contribution >= 0.6 is 0 Å². The van der Waals surface area contributed by atoms with E-state index in [1.54, 1.807) is 19.1 Å². The first-order valence-corrected chi connectivity index (χ1v) is 16.2. The van der Waals surface area contributed by atoms with Crippen LogP contribution in [0, 0.1) is 5.92 Å².